The van der Waals surface area contributed by atoms with Crippen LogP contribution < -0.4 is 5.32 Å². The topological polar surface area (TPSA) is 42.0 Å². The van der Waals surface area contributed by atoms with E-state index in [0.29, 0.717) is 16.5 Å². The highest BCUT2D eigenvalue weighted by molar-refractivity contribution is 7.22. The lowest BCUT2D eigenvalue weighted by molar-refractivity contribution is -0.116. The van der Waals surface area contributed by atoms with Gasteiger partial charge in [0.15, 0.2) is 5.13 Å². The molecule has 0 fully saturated rings. The van der Waals surface area contributed by atoms with Gasteiger partial charge in [0.1, 0.15) is 11.3 Å². The predicted molar refractivity (Wildman–Crippen MR) is 93.7 cm³/mol. The van der Waals surface area contributed by atoms with Crippen molar-refractivity contribution in [2.75, 3.05) is 5.32 Å². The monoisotopic (exact) mass is 350 g/mol. The van der Waals surface area contributed by atoms with Gasteiger partial charge in [0, 0.05) is 6.42 Å². The number of hydrogen-bond acceptors (Lipinski definition) is 4. The average molecular weight is 351 g/mol. The Morgan fingerprint density at radius 2 is 2.05 bits per heavy atom. The number of thiazole rings is 1. The Hall–Kier alpha value is -1.62. The number of carbonyl (C=O) groups is 1. The van der Waals surface area contributed by atoms with Crippen LogP contribution in [0.1, 0.15) is 12.5 Å². The Morgan fingerprint density at radius 3 is 2.73 bits per heavy atom. The number of anilines is 2. The van der Waals surface area contributed by atoms with E-state index in [0.717, 1.165) is 26.6 Å². The number of carbonyl (C=O) groups excluding carboxylic acids is 1. The van der Waals surface area contributed by atoms with Gasteiger partial charge in [-0.2, -0.15) is 0 Å². The summed E-state index contributed by atoms with van der Waals surface area (Å²) < 4.78 is 1.01. The number of Topliss-reactive ketones (excluding diaryl/α,β-unsaturated/α-hetero) is 1. The van der Waals surface area contributed by atoms with Crippen LogP contribution in [-0.4, -0.2) is 10.8 Å². The molecule has 1 N–H and O–H groups in total. The van der Waals surface area contributed by atoms with E-state index in [-0.39, 0.29) is 5.78 Å². The zero-order valence-corrected chi connectivity index (χ0v) is 14.0. The maximum Gasteiger partial charge on any atom is 0.188 e. The normalized spacial score (nSPS) is 10.9. The van der Waals surface area contributed by atoms with E-state index in [4.69, 9.17) is 23.2 Å². The number of ketones is 1. The summed E-state index contributed by atoms with van der Waals surface area (Å²) in [5, 5.41) is 5.12. The van der Waals surface area contributed by atoms with Crippen LogP contribution in [0.25, 0.3) is 10.2 Å². The van der Waals surface area contributed by atoms with Gasteiger partial charge >= 0.3 is 0 Å². The molecular weight excluding hydrogens is 339 g/mol. The van der Waals surface area contributed by atoms with Gasteiger partial charge in [-0.25, -0.2) is 4.98 Å². The molecule has 0 aliphatic rings. The van der Waals surface area contributed by atoms with Crippen molar-refractivity contribution in [3.05, 3.63) is 52.0 Å². The Kier molecular flexibility index (Phi) is 4.34. The van der Waals surface area contributed by atoms with Crippen molar-refractivity contribution < 1.29 is 4.79 Å². The van der Waals surface area contributed by atoms with E-state index < -0.39 is 0 Å². The molecule has 112 valence electrons. The number of benzene rings is 2. The smallest absolute Gasteiger partial charge is 0.188 e. The summed E-state index contributed by atoms with van der Waals surface area (Å²) in [5.74, 6) is 0.109. The molecule has 0 aliphatic carbocycles. The van der Waals surface area contributed by atoms with Crippen LogP contribution in [0.15, 0.2) is 36.4 Å². The number of nitrogens with one attached hydrogen (secondary N) is 1. The van der Waals surface area contributed by atoms with Crippen LogP contribution in [0, 0.1) is 0 Å². The molecule has 0 bridgehead atoms. The molecule has 0 amide bonds. The molecule has 1 heterocycles. The van der Waals surface area contributed by atoms with Crippen LogP contribution in [0.3, 0.4) is 0 Å². The van der Waals surface area contributed by atoms with Crippen LogP contribution >= 0.6 is 34.5 Å². The number of hydrogen-bond donors (Lipinski definition) is 1. The SMILES string of the molecule is CC(=O)Cc1ccc(Nc2nc3c(Cl)cccc3s2)c(Cl)c1. The van der Waals surface area contributed by atoms with Gasteiger partial charge in [0.2, 0.25) is 0 Å². The van der Waals surface area contributed by atoms with Crippen LogP contribution in [0.5, 0.6) is 0 Å². The predicted octanol–water partition coefficient (Wildman–Crippen LogP) is 5.48. The summed E-state index contributed by atoms with van der Waals surface area (Å²) in [6, 6.07) is 11.2. The zero-order chi connectivity index (χ0) is 15.7. The highest BCUT2D eigenvalue weighted by atomic mass is 35.5. The van der Waals surface area contributed by atoms with Gasteiger partial charge in [-0.1, -0.05) is 46.7 Å². The molecule has 0 saturated carbocycles. The lowest BCUT2D eigenvalue weighted by Gasteiger charge is -2.07. The molecule has 0 radical (unpaired) electrons. The molecule has 22 heavy (non-hydrogen) atoms. The largest absolute Gasteiger partial charge is 0.330 e. The first-order valence-corrected chi connectivity index (χ1v) is 8.20. The first kappa shape index (κ1) is 15.3. The highest BCUT2D eigenvalue weighted by Gasteiger charge is 2.09. The summed E-state index contributed by atoms with van der Waals surface area (Å²) in [6.45, 7) is 1.56. The van der Waals surface area contributed by atoms with Crippen LogP contribution in [-0.2, 0) is 11.2 Å². The second-order valence-corrected chi connectivity index (χ2v) is 6.77. The standard InChI is InChI=1S/C16H12Cl2N2OS/c1-9(21)7-10-5-6-13(12(18)8-10)19-16-20-15-11(17)3-2-4-14(15)22-16/h2-6,8H,7H2,1H3,(H,19,20). The maximum atomic E-state index is 11.2. The fourth-order valence-corrected chi connectivity index (χ4v) is 3.57. The first-order chi connectivity index (χ1) is 10.5. The van der Waals surface area contributed by atoms with E-state index in [9.17, 15) is 4.79 Å². The Morgan fingerprint density at radius 1 is 1.23 bits per heavy atom. The van der Waals surface area contributed by atoms with Crippen molar-refractivity contribution in [3.8, 4) is 0 Å². The number of rotatable bonds is 4. The van der Waals surface area contributed by atoms with E-state index in [1.54, 1.807) is 13.0 Å². The Bertz CT molecular complexity index is 860. The van der Waals surface area contributed by atoms with Gasteiger partial charge in [-0.05, 0) is 36.8 Å². The quantitative estimate of drug-likeness (QED) is 0.677. The van der Waals surface area contributed by atoms with Crippen molar-refractivity contribution in [2.45, 2.75) is 13.3 Å². The van der Waals surface area contributed by atoms with Crippen molar-refractivity contribution in [1.82, 2.24) is 4.98 Å². The van der Waals surface area contributed by atoms with Crippen molar-refractivity contribution >= 4 is 61.4 Å². The molecule has 2 aromatic carbocycles. The van der Waals surface area contributed by atoms with Crippen LogP contribution in [0.2, 0.25) is 10.0 Å². The van der Waals surface area contributed by atoms with E-state index in [1.807, 2.05) is 30.3 Å². The van der Waals surface area contributed by atoms with Gasteiger partial charge in [-0.3, -0.25) is 4.79 Å². The van der Waals surface area contributed by atoms with Gasteiger partial charge in [0.05, 0.1) is 20.4 Å². The second kappa shape index (κ2) is 6.24. The summed E-state index contributed by atoms with van der Waals surface area (Å²) in [7, 11) is 0. The molecule has 3 aromatic rings. The maximum absolute atomic E-state index is 11.2. The first-order valence-electron chi connectivity index (χ1n) is 6.63. The minimum absolute atomic E-state index is 0.109. The second-order valence-electron chi connectivity index (χ2n) is 4.92. The van der Waals surface area contributed by atoms with E-state index in [1.165, 1.54) is 11.3 Å². The minimum Gasteiger partial charge on any atom is -0.330 e. The van der Waals surface area contributed by atoms with Gasteiger partial charge in [0.25, 0.3) is 0 Å². The van der Waals surface area contributed by atoms with E-state index >= 15 is 0 Å². The summed E-state index contributed by atoms with van der Waals surface area (Å²) in [4.78, 5) is 15.6. The Labute approximate surface area is 141 Å². The van der Waals surface area contributed by atoms with Crippen molar-refractivity contribution in [1.29, 1.82) is 0 Å². The molecule has 3 nitrogen and oxygen atoms in total. The summed E-state index contributed by atoms with van der Waals surface area (Å²) in [6.07, 6.45) is 0.386. The third kappa shape index (κ3) is 3.24. The molecule has 1 aromatic heterocycles. The average Bonchev–Trinajstić information content (AvgIpc) is 2.85. The van der Waals surface area contributed by atoms with Gasteiger partial charge in [-0.15, -0.1) is 0 Å². The molecule has 0 spiro atoms. The van der Waals surface area contributed by atoms with E-state index in [2.05, 4.69) is 10.3 Å². The van der Waals surface area contributed by atoms with Gasteiger partial charge < -0.3 is 5.32 Å². The number of aromatic nitrogens is 1. The molecule has 0 saturated heterocycles. The molecule has 0 atom stereocenters. The summed E-state index contributed by atoms with van der Waals surface area (Å²) >= 11 is 13.9. The third-order valence-corrected chi connectivity index (χ3v) is 4.65. The number of fused-ring (bicyclic) bond motifs is 1. The van der Waals surface area contributed by atoms with Crippen LogP contribution in [0.4, 0.5) is 10.8 Å². The lowest BCUT2D eigenvalue weighted by Crippen LogP contribution is -1.97. The number of para-hydroxylation sites is 1. The fourth-order valence-electron chi connectivity index (χ4n) is 2.14. The highest BCUT2D eigenvalue weighted by Crippen LogP contribution is 2.34. The molecule has 0 aliphatic heterocycles. The molecule has 6 heteroatoms. The zero-order valence-electron chi connectivity index (χ0n) is 11.7. The lowest BCUT2D eigenvalue weighted by atomic mass is 10.1. The van der Waals surface area contributed by atoms with Crippen molar-refractivity contribution in [2.24, 2.45) is 0 Å². The number of nitrogens with zero attached hydrogens (tertiary/aromatic N) is 1. The third-order valence-electron chi connectivity index (χ3n) is 3.10. The van der Waals surface area contributed by atoms with Crippen molar-refractivity contribution in [3.63, 3.8) is 0 Å². The Balaban J connectivity index is 1.88. The molecule has 0 unspecified atom stereocenters. The number of halogens is 2. The fraction of sp³-hybridized carbons (Fsp3) is 0.125. The molecular formula is C16H12Cl2N2OS. The summed E-state index contributed by atoms with van der Waals surface area (Å²) in [5.41, 5.74) is 2.43. The molecule has 3 rings (SSSR count). The minimum atomic E-state index is 0.109.